The molecule has 0 rings (SSSR count). The van der Waals surface area contributed by atoms with Gasteiger partial charge in [0.25, 0.3) is 0 Å². The fourth-order valence-corrected chi connectivity index (χ4v) is 1.07. The summed E-state index contributed by atoms with van der Waals surface area (Å²) in [6.07, 6.45) is 1.46. The Balaban J connectivity index is 3.63. The molecule has 0 aliphatic carbocycles. The van der Waals surface area contributed by atoms with E-state index in [1.807, 2.05) is 13.8 Å². The summed E-state index contributed by atoms with van der Waals surface area (Å²) >= 11 is 0. The van der Waals surface area contributed by atoms with Gasteiger partial charge in [0, 0.05) is 12.1 Å². The molecule has 80 valence electrons. The van der Waals surface area contributed by atoms with E-state index in [0.717, 1.165) is 19.4 Å². The summed E-state index contributed by atoms with van der Waals surface area (Å²) in [6.45, 7) is 8.67. The normalized spacial score (nSPS) is 13.4. The zero-order valence-electron chi connectivity index (χ0n) is 9.22. The van der Waals surface area contributed by atoms with Crippen molar-refractivity contribution in [1.82, 2.24) is 5.32 Å². The fraction of sp³-hybridized carbons (Fsp3) is 1.00. The van der Waals surface area contributed by atoms with Crippen LogP contribution in [0.2, 0.25) is 0 Å². The largest absolute Gasteiger partial charge is 0.396 e. The minimum Gasteiger partial charge on any atom is -0.396 e. The highest BCUT2D eigenvalue weighted by atomic mass is 16.3. The molecule has 0 aliphatic heterocycles. The van der Waals surface area contributed by atoms with Crippen LogP contribution in [0.15, 0.2) is 0 Å². The first kappa shape index (κ1) is 12.9. The van der Waals surface area contributed by atoms with E-state index in [9.17, 15) is 5.11 Å². The molecular formula is C10H23NO2. The van der Waals surface area contributed by atoms with Crippen molar-refractivity contribution in [2.45, 2.75) is 51.7 Å². The molecule has 13 heavy (non-hydrogen) atoms. The van der Waals surface area contributed by atoms with Crippen molar-refractivity contribution in [2.24, 2.45) is 0 Å². The summed E-state index contributed by atoms with van der Waals surface area (Å²) < 4.78 is 0. The van der Waals surface area contributed by atoms with Crippen molar-refractivity contribution in [1.29, 1.82) is 0 Å². The maximum absolute atomic E-state index is 9.45. The molecule has 0 unspecified atom stereocenters. The van der Waals surface area contributed by atoms with Crippen LogP contribution in [0.3, 0.4) is 0 Å². The lowest BCUT2D eigenvalue weighted by Gasteiger charge is -2.27. The molecule has 0 aromatic rings. The topological polar surface area (TPSA) is 52.5 Å². The van der Waals surface area contributed by atoms with Gasteiger partial charge in [-0.3, -0.25) is 0 Å². The van der Waals surface area contributed by atoms with Gasteiger partial charge in [-0.15, -0.1) is 0 Å². The minimum atomic E-state index is -0.609. The first-order chi connectivity index (χ1) is 5.77. The second-order valence-electron chi connectivity index (χ2n) is 4.85. The summed E-state index contributed by atoms with van der Waals surface area (Å²) in [5, 5.41) is 21.5. The molecule has 0 amide bonds. The quantitative estimate of drug-likeness (QED) is 0.582. The Morgan fingerprint density at radius 1 is 1.08 bits per heavy atom. The van der Waals surface area contributed by atoms with Gasteiger partial charge in [0.05, 0.1) is 5.60 Å². The smallest absolute Gasteiger partial charge is 0.0603 e. The maximum Gasteiger partial charge on any atom is 0.0603 e. The molecule has 0 heterocycles. The van der Waals surface area contributed by atoms with E-state index < -0.39 is 5.60 Å². The summed E-state index contributed by atoms with van der Waals surface area (Å²) in [4.78, 5) is 0. The second kappa shape index (κ2) is 4.94. The van der Waals surface area contributed by atoms with E-state index in [2.05, 4.69) is 5.32 Å². The van der Waals surface area contributed by atoms with Crippen molar-refractivity contribution in [3.63, 3.8) is 0 Å². The molecule has 0 atom stereocenters. The first-order valence-corrected chi connectivity index (χ1v) is 4.85. The molecule has 0 fully saturated rings. The van der Waals surface area contributed by atoms with Gasteiger partial charge >= 0.3 is 0 Å². The molecule has 3 nitrogen and oxygen atoms in total. The van der Waals surface area contributed by atoms with E-state index in [1.165, 1.54) is 0 Å². The summed E-state index contributed by atoms with van der Waals surface area (Å²) in [5.74, 6) is 0. The summed E-state index contributed by atoms with van der Waals surface area (Å²) in [6, 6.07) is 0. The van der Waals surface area contributed by atoms with Crippen molar-refractivity contribution in [3.05, 3.63) is 0 Å². The maximum atomic E-state index is 9.45. The third-order valence-electron chi connectivity index (χ3n) is 2.08. The van der Waals surface area contributed by atoms with E-state index in [4.69, 9.17) is 5.11 Å². The van der Waals surface area contributed by atoms with Gasteiger partial charge in [-0.1, -0.05) is 0 Å². The number of hydrogen-bond donors (Lipinski definition) is 3. The molecule has 0 spiro atoms. The number of hydrogen-bond acceptors (Lipinski definition) is 3. The highest BCUT2D eigenvalue weighted by Crippen LogP contribution is 2.10. The van der Waals surface area contributed by atoms with Crippen LogP contribution >= 0.6 is 0 Å². The van der Waals surface area contributed by atoms with Crippen molar-refractivity contribution in [3.8, 4) is 0 Å². The Morgan fingerprint density at radius 2 is 1.62 bits per heavy atom. The third kappa shape index (κ3) is 8.22. The predicted molar refractivity (Wildman–Crippen MR) is 54.7 cm³/mol. The Labute approximate surface area is 81.2 Å². The van der Waals surface area contributed by atoms with Gasteiger partial charge in [-0.05, 0) is 47.1 Å². The second-order valence-corrected chi connectivity index (χ2v) is 4.85. The molecule has 0 aromatic heterocycles. The van der Waals surface area contributed by atoms with E-state index >= 15 is 0 Å². The van der Waals surface area contributed by atoms with E-state index in [1.54, 1.807) is 13.8 Å². The van der Waals surface area contributed by atoms with Crippen LogP contribution in [-0.4, -0.2) is 34.5 Å². The molecular weight excluding hydrogens is 166 g/mol. The Morgan fingerprint density at radius 3 is 2.00 bits per heavy atom. The lowest BCUT2D eigenvalue weighted by molar-refractivity contribution is 0.0684. The molecule has 0 bridgehead atoms. The van der Waals surface area contributed by atoms with Gasteiger partial charge in [-0.2, -0.15) is 0 Å². The van der Waals surface area contributed by atoms with E-state index in [0.29, 0.717) is 0 Å². The average molecular weight is 189 g/mol. The monoisotopic (exact) mass is 189 g/mol. The summed E-state index contributed by atoms with van der Waals surface area (Å²) in [7, 11) is 0. The van der Waals surface area contributed by atoms with Crippen molar-refractivity contribution in [2.75, 3.05) is 13.2 Å². The van der Waals surface area contributed by atoms with Gasteiger partial charge in [0.1, 0.15) is 0 Å². The average Bonchev–Trinajstić information content (AvgIpc) is 1.82. The Kier molecular flexibility index (Phi) is 4.89. The van der Waals surface area contributed by atoms with Gasteiger partial charge < -0.3 is 15.5 Å². The number of rotatable bonds is 6. The van der Waals surface area contributed by atoms with Crippen LogP contribution in [0.25, 0.3) is 0 Å². The zero-order chi connectivity index (χ0) is 10.5. The van der Waals surface area contributed by atoms with Crippen LogP contribution in [0.1, 0.15) is 40.5 Å². The number of aliphatic hydroxyl groups is 2. The van der Waals surface area contributed by atoms with Gasteiger partial charge in [0.2, 0.25) is 0 Å². The number of aliphatic hydroxyl groups excluding tert-OH is 1. The molecule has 0 saturated heterocycles. The fourth-order valence-electron chi connectivity index (χ4n) is 1.07. The first-order valence-electron chi connectivity index (χ1n) is 4.85. The van der Waals surface area contributed by atoms with Crippen LogP contribution in [0, 0.1) is 0 Å². The van der Waals surface area contributed by atoms with Crippen molar-refractivity contribution >= 4 is 0 Å². The molecule has 0 saturated carbocycles. The van der Waals surface area contributed by atoms with Crippen LogP contribution in [0.5, 0.6) is 0 Å². The Hall–Kier alpha value is -0.120. The Bertz CT molecular complexity index is 138. The summed E-state index contributed by atoms with van der Waals surface area (Å²) in [5.41, 5.74) is -0.651. The highest BCUT2D eigenvalue weighted by molar-refractivity contribution is 4.78. The zero-order valence-corrected chi connectivity index (χ0v) is 9.22. The standard InChI is InChI=1S/C10H23NO2/c1-9(2,6-8-12)11-7-5-10(3,4)13/h11-13H,5-8H2,1-4H3. The lowest BCUT2D eigenvalue weighted by atomic mass is 9.99. The van der Waals surface area contributed by atoms with Gasteiger partial charge in [-0.25, -0.2) is 0 Å². The molecule has 0 radical (unpaired) electrons. The third-order valence-corrected chi connectivity index (χ3v) is 2.08. The predicted octanol–water partition coefficient (Wildman–Crippen LogP) is 0.898. The molecule has 3 heteroatoms. The highest BCUT2D eigenvalue weighted by Gasteiger charge is 2.18. The van der Waals surface area contributed by atoms with Crippen LogP contribution < -0.4 is 5.32 Å². The molecule has 0 aliphatic rings. The SMILES string of the molecule is CC(C)(O)CCNC(C)(C)CCO. The lowest BCUT2D eigenvalue weighted by Crippen LogP contribution is -2.42. The van der Waals surface area contributed by atoms with Gasteiger partial charge in [0.15, 0.2) is 0 Å². The molecule has 0 aromatic carbocycles. The minimum absolute atomic E-state index is 0.0417. The van der Waals surface area contributed by atoms with Crippen LogP contribution in [0.4, 0.5) is 0 Å². The van der Waals surface area contributed by atoms with E-state index in [-0.39, 0.29) is 12.1 Å². The molecule has 3 N–H and O–H groups in total. The number of nitrogens with one attached hydrogen (secondary N) is 1. The van der Waals surface area contributed by atoms with Crippen molar-refractivity contribution < 1.29 is 10.2 Å². The van der Waals surface area contributed by atoms with Crippen LogP contribution in [-0.2, 0) is 0 Å².